The molecule has 8 N–H and O–H groups in total. The van der Waals surface area contributed by atoms with E-state index in [-0.39, 0.29) is 12.2 Å². The van der Waals surface area contributed by atoms with Crippen LogP contribution in [0.2, 0.25) is 0 Å². The van der Waals surface area contributed by atoms with Crippen molar-refractivity contribution in [1.29, 1.82) is 0 Å². The van der Waals surface area contributed by atoms with Gasteiger partial charge in [0.15, 0.2) is 6.04 Å². The molecule has 0 spiro atoms. The second-order valence-corrected chi connectivity index (χ2v) is 6.34. The predicted molar refractivity (Wildman–Crippen MR) is 100 cm³/mol. The SMILES string of the molecule is CC(O)C(NC(=O)CNC(=O)C(Cc1cnc[nH]1)NC(=O)C(N)CS)C(=O)O. The van der Waals surface area contributed by atoms with Crippen LogP contribution in [0.5, 0.6) is 0 Å². The van der Waals surface area contributed by atoms with Crippen LogP contribution in [0.15, 0.2) is 12.5 Å². The number of carboxylic acid groups (broad SMARTS) is 1. The maximum atomic E-state index is 12.4. The number of aromatic nitrogens is 2. The second kappa shape index (κ2) is 11.3. The quantitative estimate of drug-likeness (QED) is 0.172. The fraction of sp³-hybridized carbons (Fsp3) is 0.533. The molecule has 0 aromatic carbocycles. The van der Waals surface area contributed by atoms with Gasteiger partial charge in [-0.15, -0.1) is 0 Å². The molecule has 4 unspecified atom stereocenters. The summed E-state index contributed by atoms with van der Waals surface area (Å²) < 4.78 is 0. The van der Waals surface area contributed by atoms with Gasteiger partial charge in [-0.05, 0) is 6.92 Å². The molecule has 0 fully saturated rings. The zero-order valence-electron chi connectivity index (χ0n) is 15.1. The number of carbonyl (C=O) groups excluding carboxylic acids is 3. The number of aromatic amines is 1. The molecule has 0 bridgehead atoms. The van der Waals surface area contributed by atoms with E-state index in [4.69, 9.17) is 10.8 Å². The number of rotatable bonds is 11. The predicted octanol–water partition coefficient (Wildman–Crippen LogP) is -3.24. The Morgan fingerprint density at radius 3 is 2.46 bits per heavy atom. The van der Waals surface area contributed by atoms with Crippen molar-refractivity contribution < 1.29 is 29.4 Å². The maximum absolute atomic E-state index is 12.4. The zero-order chi connectivity index (χ0) is 21.3. The molecule has 1 aromatic rings. The van der Waals surface area contributed by atoms with Crippen LogP contribution in [0.4, 0.5) is 0 Å². The van der Waals surface area contributed by atoms with E-state index in [9.17, 15) is 24.3 Å². The highest BCUT2D eigenvalue weighted by Crippen LogP contribution is 2.00. The molecule has 0 aliphatic rings. The molecule has 0 aliphatic heterocycles. The third-order valence-electron chi connectivity index (χ3n) is 3.63. The molecule has 13 heteroatoms. The summed E-state index contributed by atoms with van der Waals surface area (Å²) in [5, 5.41) is 25.2. The Morgan fingerprint density at radius 1 is 1.29 bits per heavy atom. The van der Waals surface area contributed by atoms with Gasteiger partial charge in [0, 0.05) is 24.1 Å². The molecule has 1 rings (SSSR count). The molecule has 1 heterocycles. The van der Waals surface area contributed by atoms with Crippen molar-refractivity contribution >= 4 is 36.3 Å². The highest BCUT2D eigenvalue weighted by Gasteiger charge is 2.27. The van der Waals surface area contributed by atoms with E-state index in [0.29, 0.717) is 5.69 Å². The van der Waals surface area contributed by atoms with Crippen molar-refractivity contribution in [2.45, 2.75) is 37.6 Å². The molecular formula is C15H24N6O6S. The average Bonchev–Trinajstić information content (AvgIpc) is 3.15. The van der Waals surface area contributed by atoms with Gasteiger partial charge in [0.2, 0.25) is 17.7 Å². The van der Waals surface area contributed by atoms with Gasteiger partial charge >= 0.3 is 5.97 Å². The summed E-state index contributed by atoms with van der Waals surface area (Å²) in [5.74, 6) is -3.45. The van der Waals surface area contributed by atoms with Gasteiger partial charge in [-0.1, -0.05) is 0 Å². The topological polar surface area (TPSA) is 200 Å². The number of hydrogen-bond donors (Lipinski definition) is 8. The van der Waals surface area contributed by atoms with Crippen molar-refractivity contribution in [3.8, 4) is 0 Å². The Morgan fingerprint density at radius 2 is 1.96 bits per heavy atom. The number of nitrogens with one attached hydrogen (secondary N) is 4. The fourth-order valence-electron chi connectivity index (χ4n) is 2.09. The highest BCUT2D eigenvalue weighted by atomic mass is 32.1. The number of aliphatic hydroxyl groups is 1. The largest absolute Gasteiger partial charge is 0.480 e. The summed E-state index contributed by atoms with van der Waals surface area (Å²) in [6.07, 6.45) is 1.61. The Kier molecular flexibility index (Phi) is 9.41. The van der Waals surface area contributed by atoms with Crippen LogP contribution in [-0.4, -0.2) is 80.4 Å². The normalized spacial score (nSPS) is 15.0. The van der Waals surface area contributed by atoms with Crippen LogP contribution in [-0.2, 0) is 25.6 Å². The van der Waals surface area contributed by atoms with Crippen molar-refractivity contribution in [2.75, 3.05) is 12.3 Å². The van der Waals surface area contributed by atoms with Gasteiger partial charge in [0.1, 0.15) is 6.04 Å². The molecule has 1 aromatic heterocycles. The average molecular weight is 416 g/mol. The number of hydrogen-bond acceptors (Lipinski definition) is 8. The summed E-state index contributed by atoms with van der Waals surface area (Å²) >= 11 is 3.93. The summed E-state index contributed by atoms with van der Waals surface area (Å²) in [7, 11) is 0. The minimum atomic E-state index is -1.52. The van der Waals surface area contributed by atoms with Gasteiger partial charge in [0.05, 0.1) is 25.0 Å². The molecule has 4 atom stereocenters. The van der Waals surface area contributed by atoms with E-state index in [1.54, 1.807) is 0 Å². The van der Waals surface area contributed by atoms with E-state index in [0.717, 1.165) is 0 Å². The van der Waals surface area contributed by atoms with Crippen LogP contribution in [0.1, 0.15) is 12.6 Å². The smallest absolute Gasteiger partial charge is 0.328 e. The van der Waals surface area contributed by atoms with Crippen LogP contribution >= 0.6 is 12.6 Å². The Bertz CT molecular complexity index is 683. The van der Waals surface area contributed by atoms with E-state index in [2.05, 4.69) is 38.5 Å². The molecule has 0 saturated heterocycles. The first-order chi connectivity index (χ1) is 13.1. The van der Waals surface area contributed by atoms with Gasteiger partial charge in [-0.2, -0.15) is 12.6 Å². The first-order valence-corrected chi connectivity index (χ1v) is 8.91. The van der Waals surface area contributed by atoms with E-state index in [1.807, 2.05) is 0 Å². The number of aliphatic hydroxyl groups excluding tert-OH is 1. The number of carboxylic acids is 1. The Balaban J connectivity index is 2.70. The highest BCUT2D eigenvalue weighted by molar-refractivity contribution is 7.80. The summed E-state index contributed by atoms with van der Waals surface area (Å²) in [5.41, 5.74) is 6.15. The lowest BCUT2D eigenvalue weighted by atomic mass is 10.1. The number of imidazole rings is 1. The molecule has 28 heavy (non-hydrogen) atoms. The maximum Gasteiger partial charge on any atom is 0.328 e. The second-order valence-electron chi connectivity index (χ2n) is 5.97. The van der Waals surface area contributed by atoms with E-state index >= 15 is 0 Å². The van der Waals surface area contributed by atoms with E-state index < -0.39 is 54.5 Å². The standard InChI is InChI=1S/C15H24N6O6S/c1-7(22)12(15(26)27)21-11(23)4-18-14(25)10(2-8-3-17-6-19-8)20-13(24)9(16)5-28/h3,6-7,9-10,12,22,28H,2,4-5,16H2,1H3,(H,17,19)(H,18,25)(H,20,24)(H,21,23)(H,26,27). The van der Waals surface area contributed by atoms with E-state index in [1.165, 1.54) is 19.4 Å². The minimum absolute atomic E-state index is 0.0594. The van der Waals surface area contributed by atoms with Crippen molar-refractivity contribution in [2.24, 2.45) is 5.73 Å². The zero-order valence-corrected chi connectivity index (χ0v) is 16.0. The molecule has 0 aliphatic carbocycles. The monoisotopic (exact) mass is 416 g/mol. The summed E-state index contributed by atoms with van der Waals surface area (Å²) in [4.78, 5) is 53.8. The number of nitrogens with zero attached hydrogens (tertiary/aromatic N) is 1. The number of H-pyrrole nitrogens is 1. The number of nitrogens with two attached hydrogens (primary N) is 1. The number of aliphatic carboxylic acids is 1. The third kappa shape index (κ3) is 7.54. The minimum Gasteiger partial charge on any atom is -0.480 e. The first kappa shape index (κ1) is 23.4. The van der Waals surface area contributed by atoms with Gasteiger partial charge in [0.25, 0.3) is 0 Å². The first-order valence-electron chi connectivity index (χ1n) is 8.27. The molecule has 0 radical (unpaired) electrons. The molecule has 12 nitrogen and oxygen atoms in total. The van der Waals surface area contributed by atoms with Crippen molar-refractivity contribution in [3.63, 3.8) is 0 Å². The number of carbonyl (C=O) groups is 4. The number of thiol groups is 1. The van der Waals surface area contributed by atoms with Crippen LogP contribution in [0.3, 0.4) is 0 Å². The lowest BCUT2D eigenvalue weighted by Gasteiger charge is -2.20. The van der Waals surface area contributed by atoms with Crippen LogP contribution < -0.4 is 21.7 Å². The van der Waals surface area contributed by atoms with Crippen molar-refractivity contribution in [3.05, 3.63) is 18.2 Å². The Hall–Kier alpha value is -2.64. The molecule has 0 saturated carbocycles. The Labute approximate surface area is 166 Å². The van der Waals surface area contributed by atoms with Gasteiger partial charge in [-0.3, -0.25) is 14.4 Å². The third-order valence-corrected chi connectivity index (χ3v) is 4.03. The van der Waals surface area contributed by atoms with Gasteiger partial charge < -0.3 is 36.9 Å². The van der Waals surface area contributed by atoms with Crippen LogP contribution in [0.25, 0.3) is 0 Å². The lowest BCUT2D eigenvalue weighted by molar-refractivity contribution is -0.144. The van der Waals surface area contributed by atoms with Crippen LogP contribution in [0, 0.1) is 0 Å². The molecule has 3 amide bonds. The fourth-order valence-corrected chi connectivity index (χ4v) is 2.26. The molecule has 156 valence electrons. The molecular weight excluding hydrogens is 392 g/mol. The summed E-state index contributed by atoms with van der Waals surface area (Å²) in [6.45, 7) is 0.654. The number of amides is 3. The van der Waals surface area contributed by atoms with Crippen molar-refractivity contribution in [1.82, 2.24) is 25.9 Å². The van der Waals surface area contributed by atoms with Gasteiger partial charge in [-0.25, -0.2) is 9.78 Å². The lowest BCUT2D eigenvalue weighted by Crippen LogP contribution is -2.55. The summed E-state index contributed by atoms with van der Waals surface area (Å²) in [6, 6.07) is -3.50.